The van der Waals surface area contributed by atoms with E-state index in [1.165, 1.54) is 0 Å². The summed E-state index contributed by atoms with van der Waals surface area (Å²) in [7, 11) is 0. The van der Waals surface area contributed by atoms with Crippen molar-refractivity contribution in [2.45, 2.75) is 26.9 Å². The predicted molar refractivity (Wildman–Crippen MR) is 45.3 cm³/mol. The first-order valence-electron chi connectivity index (χ1n) is 4.20. The monoisotopic (exact) mass is 221 g/mol. The number of hydrogen-bond donors (Lipinski definition) is 0. The van der Waals surface area contributed by atoms with Crippen LogP contribution in [-0.2, 0) is 6.18 Å². The molecule has 0 fully saturated rings. The molecule has 0 aliphatic rings. The number of hydrogen-bond acceptors (Lipinski definition) is 3. The van der Waals surface area contributed by atoms with Crippen molar-refractivity contribution < 1.29 is 22.4 Å². The average Bonchev–Trinajstić information content (AvgIpc) is 2.47. The highest BCUT2D eigenvalue weighted by molar-refractivity contribution is 5.95. The van der Waals surface area contributed by atoms with E-state index in [1.807, 2.05) is 0 Å². The summed E-state index contributed by atoms with van der Waals surface area (Å²) in [5.41, 5.74) is -2.00. The molecule has 0 saturated carbocycles. The maximum absolute atomic E-state index is 12.1. The second-order valence-corrected chi connectivity index (χ2v) is 4.11. The van der Waals surface area contributed by atoms with Crippen LogP contribution in [0.5, 0.6) is 0 Å². The van der Waals surface area contributed by atoms with Crippen LogP contribution in [0, 0.1) is 5.41 Å². The number of rotatable bonds is 1. The Balaban J connectivity index is 3.01. The van der Waals surface area contributed by atoms with Gasteiger partial charge in [-0.2, -0.15) is 13.2 Å². The summed E-state index contributed by atoms with van der Waals surface area (Å²) >= 11 is 0. The molecule has 6 heteroatoms. The van der Waals surface area contributed by atoms with Crippen LogP contribution in [0.4, 0.5) is 13.2 Å². The van der Waals surface area contributed by atoms with E-state index >= 15 is 0 Å². The fraction of sp³-hybridized carbons (Fsp3) is 0.556. The molecule has 1 heterocycles. The van der Waals surface area contributed by atoms with Crippen LogP contribution in [0.1, 0.15) is 37.2 Å². The molecule has 1 rings (SSSR count). The number of Topliss-reactive ketones (excluding diaryl/α,β-unsaturated/α-hetero) is 1. The van der Waals surface area contributed by atoms with Crippen molar-refractivity contribution >= 4 is 5.78 Å². The van der Waals surface area contributed by atoms with E-state index in [0.717, 1.165) is 0 Å². The van der Waals surface area contributed by atoms with Crippen molar-refractivity contribution in [3.63, 3.8) is 0 Å². The lowest BCUT2D eigenvalue weighted by Crippen LogP contribution is -2.20. The van der Waals surface area contributed by atoms with E-state index in [0.29, 0.717) is 6.26 Å². The molecule has 0 spiro atoms. The highest BCUT2D eigenvalue weighted by Crippen LogP contribution is 2.29. The van der Waals surface area contributed by atoms with E-state index in [1.54, 1.807) is 20.8 Å². The minimum absolute atomic E-state index is 0.443. The van der Waals surface area contributed by atoms with E-state index in [9.17, 15) is 18.0 Å². The Morgan fingerprint density at radius 2 is 1.87 bits per heavy atom. The van der Waals surface area contributed by atoms with Crippen LogP contribution in [0.25, 0.3) is 0 Å². The van der Waals surface area contributed by atoms with Crippen molar-refractivity contribution in [3.05, 3.63) is 17.8 Å². The molecule has 0 bridgehead atoms. The third-order valence-electron chi connectivity index (χ3n) is 1.67. The molecule has 1 aromatic heterocycles. The lowest BCUT2D eigenvalue weighted by atomic mass is 9.91. The summed E-state index contributed by atoms with van der Waals surface area (Å²) in [6.45, 7) is 4.73. The molecule has 0 N–H and O–H groups in total. The normalized spacial score (nSPS) is 12.9. The Morgan fingerprint density at radius 3 is 2.20 bits per heavy atom. The fourth-order valence-electron chi connectivity index (χ4n) is 0.829. The zero-order chi connectivity index (χ0) is 11.9. The number of carbonyl (C=O) groups is 1. The molecule has 0 amide bonds. The second kappa shape index (κ2) is 3.36. The van der Waals surface area contributed by atoms with Gasteiger partial charge >= 0.3 is 6.18 Å². The first-order chi connectivity index (χ1) is 6.62. The largest absolute Gasteiger partial charge is 0.442 e. The number of oxazole rings is 1. The van der Waals surface area contributed by atoms with Gasteiger partial charge in [0.2, 0.25) is 5.78 Å². The van der Waals surface area contributed by atoms with Crippen LogP contribution in [0.15, 0.2) is 10.7 Å². The summed E-state index contributed by atoms with van der Waals surface area (Å²) < 4.78 is 40.9. The first kappa shape index (κ1) is 11.7. The SMILES string of the molecule is CC(C)(C)C(=O)c1nc(C(F)(F)F)co1. The van der Waals surface area contributed by atoms with E-state index < -0.39 is 29.0 Å². The number of carbonyl (C=O) groups excluding carboxylic acids is 1. The van der Waals surface area contributed by atoms with Gasteiger partial charge in [0.05, 0.1) is 0 Å². The number of alkyl halides is 3. The predicted octanol–water partition coefficient (Wildman–Crippen LogP) is 2.92. The standard InChI is InChI=1S/C9H10F3NO2/c1-8(2,3)6(14)7-13-5(4-15-7)9(10,11)12/h4H,1-3H3. The molecule has 0 saturated heterocycles. The van der Waals surface area contributed by atoms with Crippen LogP contribution in [0.2, 0.25) is 0 Å². The van der Waals surface area contributed by atoms with Gasteiger partial charge in [-0.15, -0.1) is 0 Å². The number of ketones is 1. The zero-order valence-electron chi connectivity index (χ0n) is 8.47. The van der Waals surface area contributed by atoms with Crippen molar-refractivity contribution in [1.82, 2.24) is 4.98 Å². The zero-order valence-corrected chi connectivity index (χ0v) is 8.47. The molecule has 0 radical (unpaired) electrons. The van der Waals surface area contributed by atoms with Gasteiger partial charge in [-0.25, -0.2) is 4.98 Å². The minimum Gasteiger partial charge on any atom is -0.442 e. The Kier molecular flexibility index (Phi) is 2.63. The third kappa shape index (κ3) is 2.57. The maximum atomic E-state index is 12.1. The topological polar surface area (TPSA) is 43.1 Å². The first-order valence-corrected chi connectivity index (χ1v) is 4.20. The second-order valence-electron chi connectivity index (χ2n) is 4.11. The molecule has 0 aromatic carbocycles. The average molecular weight is 221 g/mol. The Labute approximate surface area is 84.3 Å². The molecular formula is C9H10F3NO2. The highest BCUT2D eigenvalue weighted by atomic mass is 19.4. The van der Waals surface area contributed by atoms with Gasteiger partial charge in [-0.3, -0.25) is 4.79 Å². The molecule has 15 heavy (non-hydrogen) atoms. The maximum Gasteiger partial charge on any atom is 0.436 e. The van der Waals surface area contributed by atoms with Crippen molar-refractivity contribution in [2.24, 2.45) is 5.41 Å². The number of halogens is 3. The van der Waals surface area contributed by atoms with Gasteiger partial charge < -0.3 is 4.42 Å². The van der Waals surface area contributed by atoms with Crippen molar-refractivity contribution in [2.75, 3.05) is 0 Å². The summed E-state index contributed by atoms with van der Waals surface area (Å²) in [6.07, 6.45) is -4.14. The van der Waals surface area contributed by atoms with Gasteiger partial charge in [-0.05, 0) is 0 Å². The van der Waals surface area contributed by atoms with E-state index in [-0.39, 0.29) is 0 Å². The van der Waals surface area contributed by atoms with E-state index in [4.69, 9.17) is 0 Å². The molecular weight excluding hydrogens is 211 g/mol. The van der Waals surface area contributed by atoms with Gasteiger partial charge in [0, 0.05) is 5.41 Å². The third-order valence-corrected chi connectivity index (χ3v) is 1.67. The lowest BCUT2D eigenvalue weighted by Gasteiger charge is -2.12. The quantitative estimate of drug-likeness (QED) is 0.685. The molecule has 0 unspecified atom stereocenters. The highest BCUT2D eigenvalue weighted by Gasteiger charge is 2.37. The van der Waals surface area contributed by atoms with Crippen LogP contribution < -0.4 is 0 Å². The summed E-state index contributed by atoms with van der Waals surface area (Å²) in [4.78, 5) is 14.6. The Bertz CT molecular complexity index is 373. The molecule has 84 valence electrons. The lowest BCUT2D eigenvalue weighted by molar-refractivity contribution is -0.141. The molecule has 0 aliphatic heterocycles. The number of nitrogens with zero attached hydrogens (tertiary/aromatic N) is 1. The van der Waals surface area contributed by atoms with Gasteiger partial charge in [-0.1, -0.05) is 20.8 Å². The van der Waals surface area contributed by atoms with Crippen LogP contribution in [-0.4, -0.2) is 10.8 Å². The van der Waals surface area contributed by atoms with E-state index in [2.05, 4.69) is 9.40 Å². The molecule has 3 nitrogen and oxygen atoms in total. The van der Waals surface area contributed by atoms with Gasteiger partial charge in [0.15, 0.2) is 5.69 Å². The van der Waals surface area contributed by atoms with Crippen LogP contribution in [0.3, 0.4) is 0 Å². The molecule has 1 aromatic rings. The Morgan fingerprint density at radius 1 is 1.33 bits per heavy atom. The number of aromatic nitrogens is 1. The molecule has 0 atom stereocenters. The summed E-state index contributed by atoms with van der Waals surface area (Å²) in [5, 5.41) is 0. The Hall–Kier alpha value is -1.33. The van der Waals surface area contributed by atoms with Gasteiger partial charge in [0.1, 0.15) is 6.26 Å². The van der Waals surface area contributed by atoms with Crippen LogP contribution >= 0.6 is 0 Å². The minimum atomic E-state index is -4.58. The fourth-order valence-corrected chi connectivity index (χ4v) is 0.829. The smallest absolute Gasteiger partial charge is 0.436 e. The molecule has 0 aliphatic carbocycles. The summed E-state index contributed by atoms with van der Waals surface area (Å²) in [5.74, 6) is -1.06. The van der Waals surface area contributed by atoms with Crippen molar-refractivity contribution in [3.8, 4) is 0 Å². The van der Waals surface area contributed by atoms with Gasteiger partial charge in [0.25, 0.3) is 5.89 Å². The van der Waals surface area contributed by atoms with Crippen molar-refractivity contribution in [1.29, 1.82) is 0 Å². The summed E-state index contributed by atoms with van der Waals surface area (Å²) in [6, 6.07) is 0.